The topological polar surface area (TPSA) is 112 Å². The Morgan fingerprint density at radius 2 is 1.78 bits per heavy atom. The molecule has 0 aliphatic carbocycles. The van der Waals surface area contributed by atoms with Crippen molar-refractivity contribution in [2.45, 2.75) is 6.92 Å². The Morgan fingerprint density at radius 3 is 2.39 bits per heavy atom. The molecule has 0 spiro atoms. The van der Waals surface area contributed by atoms with Gasteiger partial charge < -0.3 is 15.5 Å². The summed E-state index contributed by atoms with van der Waals surface area (Å²) < 4.78 is 0. The van der Waals surface area contributed by atoms with Crippen LogP contribution in [0.4, 0.5) is 11.5 Å². The summed E-state index contributed by atoms with van der Waals surface area (Å²) in [5.41, 5.74) is 1.43. The average molecular weight is 329 g/mol. The van der Waals surface area contributed by atoms with Gasteiger partial charge in [0.1, 0.15) is 21.9 Å². The fraction of sp³-hybridized carbons (Fsp3) is 0.0667. The summed E-state index contributed by atoms with van der Waals surface area (Å²) in [6.07, 6.45) is 1.36. The van der Waals surface area contributed by atoms with E-state index >= 15 is 0 Å². The number of benzene rings is 1. The molecule has 3 N–H and O–H groups in total. The summed E-state index contributed by atoms with van der Waals surface area (Å²) in [6.45, 7) is 1.71. The molecule has 0 saturated carbocycles. The largest absolute Gasteiger partial charge is 0.478 e. The third-order valence-corrected chi connectivity index (χ3v) is 4.50. The molecule has 3 rings (SSSR count). The SMILES string of the molecule is Cc1c(C(=O)O)sc2ncnc(Nc3ccc(C(=O)O)cc3)c12. The standard InChI is InChI=1S/C15H11N3O4S/c1-7-10-12(16-6-17-13(10)23-11(7)15(21)22)18-9-4-2-8(3-5-9)14(19)20/h2-6H,1H3,(H,19,20)(H,21,22)(H,16,17,18). The second-order valence-corrected chi connectivity index (χ2v) is 5.77. The minimum absolute atomic E-state index is 0.184. The Morgan fingerprint density at radius 1 is 1.09 bits per heavy atom. The van der Waals surface area contributed by atoms with Gasteiger partial charge in [-0.2, -0.15) is 0 Å². The normalized spacial score (nSPS) is 10.7. The number of nitrogens with zero attached hydrogens (tertiary/aromatic N) is 2. The number of rotatable bonds is 4. The molecule has 0 amide bonds. The molecule has 7 nitrogen and oxygen atoms in total. The van der Waals surface area contributed by atoms with Gasteiger partial charge in [-0.15, -0.1) is 11.3 Å². The van der Waals surface area contributed by atoms with Gasteiger partial charge in [-0.25, -0.2) is 19.6 Å². The highest BCUT2D eigenvalue weighted by molar-refractivity contribution is 7.20. The van der Waals surface area contributed by atoms with E-state index in [2.05, 4.69) is 15.3 Å². The number of anilines is 2. The summed E-state index contributed by atoms with van der Waals surface area (Å²) in [4.78, 5) is 31.2. The van der Waals surface area contributed by atoms with Crippen molar-refractivity contribution in [3.05, 3.63) is 46.6 Å². The third kappa shape index (κ3) is 2.71. The molecular formula is C15H11N3O4S. The zero-order valence-electron chi connectivity index (χ0n) is 11.9. The lowest BCUT2D eigenvalue weighted by atomic mass is 10.2. The second kappa shape index (κ2) is 5.65. The van der Waals surface area contributed by atoms with Gasteiger partial charge in [0.15, 0.2) is 0 Å². The molecule has 8 heteroatoms. The smallest absolute Gasteiger partial charge is 0.346 e. The van der Waals surface area contributed by atoms with Crippen molar-refractivity contribution in [3.8, 4) is 0 Å². The maximum atomic E-state index is 11.2. The summed E-state index contributed by atoms with van der Waals surface area (Å²) in [6, 6.07) is 6.20. The maximum absolute atomic E-state index is 11.2. The lowest BCUT2D eigenvalue weighted by Crippen LogP contribution is -1.99. The van der Waals surface area contributed by atoms with Crippen LogP contribution in [0.15, 0.2) is 30.6 Å². The van der Waals surface area contributed by atoms with Gasteiger partial charge in [-0.3, -0.25) is 0 Å². The number of nitrogens with one attached hydrogen (secondary N) is 1. The molecule has 2 aromatic heterocycles. The van der Waals surface area contributed by atoms with Crippen LogP contribution < -0.4 is 5.32 Å². The maximum Gasteiger partial charge on any atom is 0.346 e. The molecule has 0 fully saturated rings. The number of fused-ring (bicyclic) bond motifs is 1. The van der Waals surface area contributed by atoms with Crippen molar-refractivity contribution in [3.63, 3.8) is 0 Å². The van der Waals surface area contributed by atoms with Crippen LogP contribution in [-0.2, 0) is 0 Å². The molecule has 0 radical (unpaired) electrons. The molecule has 116 valence electrons. The van der Waals surface area contributed by atoms with Crippen molar-refractivity contribution in [1.82, 2.24) is 9.97 Å². The number of thiophene rings is 1. The van der Waals surface area contributed by atoms with Crippen LogP contribution in [0.3, 0.4) is 0 Å². The predicted octanol–water partition coefficient (Wildman–Crippen LogP) is 3.14. The first-order valence-electron chi connectivity index (χ1n) is 6.55. The first-order chi connectivity index (χ1) is 11.0. The quantitative estimate of drug-likeness (QED) is 0.674. The summed E-state index contributed by atoms with van der Waals surface area (Å²) in [5, 5.41) is 21.8. The lowest BCUT2D eigenvalue weighted by Gasteiger charge is -2.07. The van der Waals surface area contributed by atoms with Crippen molar-refractivity contribution in [1.29, 1.82) is 0 Å². The van der Waals surface area contributed by atoms with Crippen molar-refractivity contribution in [2.75, 3.05) is 5.32 Å². The van der Waals surface area contributed by atoms with Gasteiger partial charge in [0.25, 0.3) is 0 Å². The van der Waals surface area contributed by atoms with Crippen LogP contribution >= 0.6 is 11.3 Å². The average Bonchev–Trinajstić information content (AvgIpc) is 2.86. The van der Waals surface area contributed by atoms with Gasteiger partial charge in [-0.1, -0.05) is 0 Å². The Bertz CT molecular complexity index is 918. The monoisotopic (exact) mass is 329 g/mol. The van der Waals surface area contributed by atoms with Gasteiger partial charge in [-0.05, 0) is 36.8 Å². The van der Waals surface area contributed by atoms with Crippen molar-refractivity contribution < 1.29 is 19.8 Å². The van der Waals surface area contributed by atoms with E-state index in [1.54, 1.807) is 19.1 Å². The minimum Gasteiger partial charge on any atom is -0.478 e. The van der Waals surface area contributed by atoms with Gasteiger partial charge >= 0.3 is 11.9 Å². The van der Waals surface area contributed by atoms with E-state index in [4.69, 9.17) is 5.11 Å². The van der Waals surface area contributed by atoms with Crippen LogP contribution in [0.1, 0.15) is 25.6 Å². The fourth-order valence-electron chi connectivity index (χ4n) is 2.20. The Balaban J connectivity index is 2.03. The van der Waals surface area contributed by atoms with Crippen LogP contribution in [0.25, 0.3) is 10.2 Å². The molecule has 0 aliphatic heterocycles. The highest BCUT2D eigenvalue weighted by Crippen LogP contribution is 2.34. The van der Waals surface area contributed by atoms with Gasteiger partial charge in [0, 0.05) is 5.69 Å². The van der Waals surface area contributed by atoms with Gasteiger partial charge in [0.05, 0.1) is 10.9 Å². The molecule has 0 bridgehead atoms. The molecule has 0 aliphatic rings. The molecular weight excluding hydrogens is 318 g/mol. The summed E-state index contributed by atoms with van der Waals surface area (Å²) in [7, 11) is 0. The Hall–Kier alpha value is -3.00. The predicted molar refractivity (Wildman–Crippen MR) is 85.8 cm³/mol. The summed E-state index contributed by atoms with van der Waals surface area (Å²) >= 11 is 1.09. The third-order valence-electron chi connectivity index (χ3n) is 3.32. The number of aromatic carboxylic acids is 2. The van der Waals surface area contributed by atoms with Crippen LogP contribution in [0.2, 0.25) is 0 Å². The zero-order chi connectivity index (χ0) is 16.6. The van der Waals surface area contributed by atoms with E-state index < -0.39 is 11.9 Å². The molecule has 0 atom stereocenters. The molecule has 2 heterocycles. The Labute approximate surface area is 134 Å². The number of aromatic nitrogens is 2. The first kappa shape index (κ1) is 14.9. The Kier molecular flexibility index (Phi) is 3.67. The molecule has 1 aromatic carbocycles. The number of hydrogen-bond acceptors (Lipinski definition) is 6. The van der Waals surface area contributed by atoms with Crippen molar-refractivity contribution in [2.24, 2.45) is 0 Å². The molecule has 3 aromatic rings. The van der Waals surface area contributed by atoms with Crippen LogP contribution in [0, 0.1) is 6.92 Å². The van der Waals surface area contributed by atoms with E-state index in [0.717, 1.165) is 11.3 Å². The van der Waals surface area contributed by atoms with Crippen LogP contribution in [0.5, 0.6) is 0 Å². The molecule has 0 saturated heterocycles. The van der Waals surface area contributed by atoms with E-state index in [9.17, 15) is 14.7 Å². The molecule has 0 unspecified atom stereocenters. The lowest BCUT2D eigenvalue weighted by molar-refractivity contribution is 0.0688. The highest BCUT2D eigenvalue weighted by Gasteiger charge is 2.18. The zero-order valence-corrected chi connectivity index (χ0v) is 12.7. The highest BCUT2D eigenvalue weighted by atomic mass is 32.1. The fourth-order valence-corrected chi connectivity index (χ4v) is 3.19. The molecule has 23 heavy (non-hydrogen) atoms. The van der Waals surface area contributed by atoms with E-state index in [0.29, 0.717) is 27.3 Å². The van der Waals surface area contributed by atoms with E-state index in [-0.39, 0.29) is 10.4 Å². The van der Waals surface area contributed by atoms with E-state index in [1.807, 2.05) is 0 Å². The number of aryl methyl sites for hydroxylation is 1. The number of carboxylic acids is 2. The summed E-state index contributed by atoms with van der Waals surface area (Å²) in [5.74, 6) is -1.51. The number of hydrogen-bond donors (Lipinski definition) is 3. The van der Waals surface area contributed by atoms with Crippen molar-refractivity contribution >= 4 is 45.0 Å². The number of carbonyl (C=O) groups is 2. The first-order valence-corrected chi connectivity index (χ1v) is 7.37. The van der Waals surface area contributed by atoms with Gasteiger partial charge in [0.2, 0.25) is 0 Å². The minimum atomic E-state index is -0.999. The second-order valence-electron chi connectivity index (χ2n) is 4.77. The van der Waals surface area contributed by atoms with E-state index in [1.165, 1.54) is 18.5 Å². The van der Waals surface area contributed by atoms with Crippen LogP contribution in [-0.4, -0.2) is 32.1 Å². The number of carboxylic acid groups (broad SMARTS) is 2.